The number of hydrogen-bond acceptors (Lipinski definition) is 7. The third-order valence-electron chi connectivity index (χ3n) is 7.02. The fourth-order valence-corrected chi connectivity index (χ4v) is 7.08. The molecule has 3 aliphatic carbocycles. The molecule has 0 N–H and O–H groups in total. The molecule has 3 saturated carbocycles. The van der Waals surface area contributed by atoms with Gasteiger partial charge in [0.1, 0.15) is 23.6 Å². The first-order valence-corrected chi connectivity index (χ1v) is 14.1. The van der Waals surface area contributed by atoms with Gasteiger partial charge in [-0.25, -0.2) is 12.8 Å². The molecule has 1 aromatic rings. The van der Waals surface area contributed by atoms with Gasteiger partial charge in [-0.3, -0.25) is 9.59 Å². The fourth-order valence-electron chi connectivity index (χ4n) is 5.12. The van der Waals surface area contributed by atoms with E-state index in [2.05, 4.69) is 0 Å². The summed E-state index contributed by atoms with van der Waals surface area (Å²) in [4.78, 5) is 23.5. The molecular formula is C27H37FO7S. The minimum absolute atomic E-state index is 0.0390. The lowest BCUT2D eigenvalue weighted by atomic mass is 9.59. The van der Waals surface area contributed by atoms with Gasteiger partial charge in [0.05, 0.1) is 17.0 Å². The SMILES string of the molecule is CC(=O)OC12CCC(CS(=O)(=O)c3ccc(OC/C(=C/F)CCC(=O)OC(C)(C)C)cc3)(CC1)CC2. The first-order valence-electron chi connectivity index (χ1n) is 12.4. The highest BCUT2D eigenvalue weighted by Crippen LogP contribution is 2.54. The Labute approximate surface area is 213 Å². The number of carbonyl (C=O) groups is 2. The lowest BCUT2D eigenvalue weighted by Gasteiger charge is -2.52. The Bertz CT molecular complexity index is 1060. The Hall–Kier alpha value is -2.42. The van der Waals surface area contributed by atoms with Gasteiger partial charge in [0.2, 0.25) is 0 Å². The second kappa shape index (κ2) is 10.9. The van der Waals surface area contributed by atoms with Crippen LogP contribution in [0.5, 0.6) is 5.75 Å². The van der Waals surface area contributed by atoms with Crippen molar-refractivity contribution in [2.75, 3.05) is 12.4 Å². The van der Waals surface area contributed by atoms with Crippen LogP contribution in [0.25, 0.3) is 0 Å². The van der Waals surface area contributed by atoms with Crippen molar-refractivity contribution >= 4 is 21.8 Å². The maximum absolute atomic E-state index is 13.3. The predicted molar refractivity (Wildman–Crippen MR) is 133 cm³/mol. The molecule has 36 heavy (non-hydrogen) atoms. The zero-order valence-corrected chi connectivity index (χ0v) is 22.4. The van der Waals surface area contributed by atoms with E-state index in [-0.39, 0.29) is 41.5 Å². The van der Waals surface area contributed by atoms with Gasteiger partial charge < -0.3 is 14.2 Å². The summed E-state index contributed by atoms with van der Waals surface area (Å²) < 4.78 is 56.0. The summed E-state index contributed by atoms with van der Waals surface area (Å²) in [6, 6.07) is 6.13. The Morgan fingerprint density at radius 3 is 2.08 bits per heavy atom. The van der Waals surface area contributed by atoms with Gasteiger partial charge >= 0.3 is 11.9 Å². The molecule has 0 amide bonds. The quantitative estimate of drug-likeness (QED) is 0.375. The van der Waals surface area contributed by atoms with Crippen LogP contribution in [0.1, 0.15) is 79.1 Å². The standard InChI is InChI=1S/C27H37FO7S/c1-20(29)34-27-14-11-26(12-15-27,13-16-27)19-36(31,32)23-8-6-22(7-9-23)33-18-21(17-28)5-10-24(30)35-25(2,3)4/h6-9,17H,5,10-16,18-19H2,1-4H3/b21-17+. The highest BCUT2D eigenvalue weighted by Gasteiger charge is 2.52. The second-order valence-electron chi connectivity index (χ2n) is 11.1. The first kappa shape index (κ1) is 28.2. The summed E-state index contributed by atoms with van der Waals surface area (Å²) >= 11 is 0. The summed E-state index contributed by atoms with van der Waals surface area (Å²) in [5.74, 6) is -0.221. The minimum Gasteiger partial charge on any atom is -0.489 e. The largest absolute Gasteiger partial charge is 0.489 e. The van der Waals surface area contributed by atoms with Crippen LogP contribution in [0.3, 0.4) is 0 Å². The van der Waals surface area contributed by atoms with Gasteiger partial charge in [-0.2, -0.15) is 0 Å². The maximum Gasteiger partial charge on any atom is 0.306 e. The Morgan fingerprint density at radius 2 is 1.58 bits per heavy atom. The van der Waals surface area contributed by atoms with E-state index in [0.717, 1.165) is 19.3 Å². The summed E-state index contributed by atoms with van der Waals surface area (Å²) in [6.45, 7) is 6.66. The Kier molecular flexibility index (Phi) is 8.53. The fraction of sp³-hybridized carbons (Fsp3) is 0.630. The molecule has 3 fully saturated rings. The molecule has 0 aromatic heterocycles. The van der Waals surface area contributed by atoms with E-state index >= 15 is 0 Å². The van der Waals surface area contributed by atoms with Gasteiger partial charge in [0.25, 0.3) is 0 Å². The van der Waals surface area contributed by atoms with Crippen molar-refractivity contribution in [3.8, 4) is 5.75 Å². The number of hydrogen-bond donors (Lipinski definition) is 0. The van der Waals surface area contributed by atoms with Gasteiger partial charge in [-0.15, -0.1) is 0 Å². The highest BCUT2D eigenvalue weighted by atomic mass is 32.2. The van der Waals surface area contributed by atoms with E-state index in [4.69, 9.17) is 14.2 Å². The van der Waals surface area contributed by atoms with Gasteiger partial charge in [-0.05, 0) is 101 Å². The molecule has 0 spiro atoms. The lowest BCUT2D eigenvalue weighted by molar-refractivity contribution is -0.173. The average Bonchev–Trinajstić information content (AvgIpc) is 2.79. The van der Waals surface area contributed by atoms with E-state index in [9.17, 15) is 22.4 Å². The van der Waals surface area contributed by atoms with Crippen molar-refractivity contribution in [1.82, 2.24) is 0 Å². The molecule has 0 aliphatic heterocycles. The number of fused-ring (bicyclic) bond motifs is 3. The Morgan fingerprint density at radius 1 is 1.00 bits per heavy atom. The molecule has 4 rings (SSSR count). The van der Waals surface area contributed by atoms with E-state index in [1.165, 1.54) is 19.1 Å². The van der Waals surface area contributed by atoms with Gasteiger partial charge in [0, 0.05) is 13.3 Å². The van der Waals surface area contributed by atoms with E-state index < -0.39 is 27.0 Å². The normalized spacial score (nSPS) is 24.3. The number of ether oxygens (including phenoxy) is 3. The molecular weight excluding hydrogens is 487 g/mol. The van der Waals surface area contributed by atoms with Crippen LogP contribution in [-0.2, 0) is 28.9 Å². The highest BCUT2D eigenvalue weighted by molar-refractivity contribution is 7.91. The average molecular weight is 525 g/mol. The van der Waals surface area contributed by atoms with Crippen LogP contribution < -0.4 is 4.74 Å². The van der Waals surface area contributed by atoms with Crippen LogP contribution in [0.2, 0.25) is 0 Å². The number of rotatable bonds is 10. The van der Waals surface area contributed by atoms with Crippen molar-refractivity contribution in [3.63, 3.8) is 0 Å². The van der Waals surface area contributed by atoms with Gasteiger partial charge in [-0.1, -0.05) is 0 Å². The molecule has 2 bridgehead atoms. The molecule has 0 saturated heterocycles. The molecule has 3 aliphatic rings. The van der Waals surface area contributed by atoms with Gasteiger partial charge in [0.15, 0.2) is 9.84 Å². The zero-order chi connectivity index (χ0) is 26.6. The number of benzene rings is 1. The van der Waals surface area contributed by atoms with E-state index in [1.807, 2.05) is 0 Å². The molecule has 7 nitrogen and oxygen atoms in total. The van der Waals surface area contributed by atoms with Crippen molar-refractivity contribution in [3.05, 3.63) is 36.2 Å². The number of sulfone groups is 1. The molecule has 9 heteroatoms. The number of esters is 2. The first-order chi connectivity index (χ1) is 16.8. The molecule has 0 radical (unpaired) electrons. The van der Waals surface area contributed by atoms with Crippen LogP contribution >= 0.6 is 0 Å². The van der Waals surface area contributed by atoms with Crippen molar-refractivity contribution in [2.45, 2.75) is 95.2 Å². The molecule has 0 unspecified atom stereocenters. The smallest absolute Gasteiger partial charge is 0.306 e. The molecule has 0 heterocycles. The summed E-state index contributed by atoms with van der Waals surface area (Å²) in [6.07, 6.45) is 4.91. The number of halogens is 1. The minimum atomic E-state index is -3.52. The maximum atomic E-state index is 13.3. The third kappa shape index (κ3) is 7.54. The topological polar surface area (TPSA) is 96.0 Å². The van der Waals surface area contributed by atoms with Crippen LogP contribution in [0, 0.1) is 5.41 Å². The van der Waals surface area contributed by atoms with Crippen molar-refractivity contribution in [2.24, 2.45) is 5.41 Å². The molecule has 200 valence electrons. The van der Waals surface area contributed by atoms with Crippen LogP contribution in [0.4, 0.5) is 4.39 Å². The van der Waals surface area contributed by atoms with Crippen molar-refractivity contribution in [1.29, 1.82) is 0 Å². The molecule has 1 aromatic carbocycles. The summed E-state index contributed by atoms with van der Waals surface area (Å²) in [5, 5.41) is 0. The molecule has 0 atom stereocenters. The Balaban J connectivity index is 1.53. The summed E-state index contributed by atoms with van der Waals surface area (Å²) in [5.41, 5.74) is -1.01. The third-order valence-corrected chi connectivity index (χ3v) is 9.00. The lowest BCUT2D eigenvalue weighted by Crippen LogP contribution is -2.50. The predicted octanol–water partition coefficient (Wildman–Crippen LogP) is 5.47. The second-order valence-corrected chi connectivity index (χ2v) is 13.1. The number of carbonyl (C=O) groups excluding carboxylic acids is 2. The summed E-state index contributed by atoms with van der Waals surface area (Å²) in [7, 11) is -3.52. The van der Waals surface area contributed by atoms with E-state index in [0.29, 0.717) is 36.9 Å². The van der Waals surface area contributed by atoms with Crippen molar-refractivity contribution < 1.29 is 36.6 Å². The van der Waals surface area contributed by atoms with E-state index in [1.54, 1.807) is 32.9 Å². The zero-order valence-electron chi connectivity index (χ0n) is 21.6. The monoisotopic (exact) mass is 524 g/mol. The van der Waals surface area contributed by atoms with Crippen LogP contribution in [-0.4, -0.2) is 43.9 Å². The van der Waals surface area contributed by atoms with Crippen LogP contribution in [0.15, 0.2) is 41.1 Å².